The van der Waals surface area contributed by atoms with Crippen molar-refractivity contribution in [1.29, 1.82) is 0 Å². The van der Waals surface area contributed by atoms with Crippen molar-refractivity contribution in [3.05, 3.63) is 84.4 Å². The molecule has 38 heavy (non-hydrogen) atoms. The van der Waals surface area contributed by atoms with E-state index in [1.165, 1.54) is 47.4 Å². The fourth-order valence-electron chi connectivity index (χ4n) is 4.58. The minimum Gasteiger partial charge on any atom is -0.453 e. The van der Waals surface area contributed by atoms with E-state index in [1.54, 1.807) is 48.1 Å². The number of rotatable bonds is 8. The van der Waals surface area contributed by atoms with Crippen LogP contribution in [-0.4, -0.2) is 21.0 Å². The van der Waals surface area contributed by atoms with Crippen molar-refractivity contribution in [2.24, 2.45) is 0 Å². The van der Waals surface area contributed by atoms with Crippen LogP contribution in [0, 0.1) is 5.82 Å². The van der Waals surface area contributed by atoms with Crippen molar-refractivity contribution in [2.45, 2.75) is 43.0 Å². The van der Waals surface area contributed by atoms with Crippen molar-refractivity contribution in [1.82, 2.24) is 15.0 Å². The molecule has 2 aromatic carbocycles. The smallest absolute Gasteiger partial charge is 0.223 e. The minimum atomic E-state index is -0.462. The van der Waals surface area contributed by atoms with Crippen LogP contribution in [-0.2, 0) is 0 Å². The third-order valence-corrected chi connectivity index (χ3v) is 8.54. The van der Waals surface area contributed by atoms with Gasteiger partial charge in [0.2, 0.25) is 5.95 Å². The second-order valence-corrected chi connectivity index (χ2v) is 10.9. The Labute approximate surface area is 228 Å². The van der Waals surface area contributed by atoms with Gasteiger partial charge in [0.05, 0.1) is 11.3 Å². The Morgan fingerprint density at radius 1 is 0.974 bits per heavy atom. The molecule has 6 rings (SSSR count). The van der Waals surface area contributed by atoms with Gasteiger partial charge in [-0.15, -0.1) is 11.3 Å². The first-order valence-corrected chi connectivity index (χ1v) is 14.3. The lowest BCUT2D eigenvalue weighted by molar-refractivity contribution is 0.443. The Morgan fingerprint density at radius 3 is 2.76 bits per heavy atom. The fourth-order valence-corrected chi connectivity index (χ4v) is 6.45. The topological polar surface area (TPSA) is 72.0 Å². The first-order valence-electron chi connectivity index (χ1n) is 12.6. The number of halogens is 1. The van der Waals surface area contributed by atoms with E-state index >= 15 is 4.39 Å². The van der Waals surface area contributed by atoms with Gasteiger partial charge in [0.25, 0.3) is 0 Å². The lowest BCUT2D eigenvalue weighted by Gasteiger charge is -2.22. The fraction of sp³-hybridized carbons (Fsp3) is 0.207. The number of nitrogens with one attached hydrogen (secondary N) is 2. The van der Waals surface area contributed by atoms with Gasteiger partial charge in [-0.1, -0.05) is 37.5 Å². The molecule has 0 saturated heterocycles. The largest absolute Gasteiger partial charge is 0.453 e. The quantitative estimate of drug-likeness (QED) is 0.190. The van der Waals surface area contributed by atoms with E-state index in [4.69, 9.17) is 9.72 Å². The molecule has 2 N–H and O–H groups in total. The van der Waals surface area contributed by atoms with Gasteiger partial charge in [-0.05, 0) is 55.1 Å². The molecule has 0 atom stereocenters. The third-order valence-electron chi connectivity index (χ3n) is 6.53. The molecule has 1 aliphatic carbocycles. The summed E-state index contributed by atoms with van der Waals surface area (Å²) >= 11 is 3.16. The summed E-state index contributed by atoms with van der Waals surface area (Å²) in [6.45, 7) is 0. The maximum absolute atomic E-state index is 15.1. The molecule has 0 bridgehead atoms. The van der Waals surface area contributed by atoms with Crippen LogP contribution in [0.2, 0.25) is 0 Å². The number of nitrogens with zero attached hydrogens (tertiary/aromatic N) is 3. The standard InChI is InChI=1S/C29H26FN5OS2/c30-23-16-20(35-38-28-18-37-27-9-5-4-8-21(27)28)10-11-26(23)36-25-13-14-31-17-22(25)24-12-15-32-29(34-24)33-19-6-2-1-3-7-19/h4-5,8-19,35H,1-3,6-7H2,(H,32,33,34). The van der Waals surface area contributed by atoms with Crippen LogP contribution in [0.1, 0.15) is 32.1 Å². The number of fused-ring (bicyclic) bond motifs is 1. The van der Waals surface area contributed by atoms with Gasteiger partial charge in [0, 0.05) is 56.7 Å². The van der Waals surface area contributed by atoms with Crippen LogP contribution in [0.4, 0.5) is 16.0 Å². The first kappa shape index (κ1) is 24.6. The van der Waals surface area contributed by atoms with E-state index in [0.29, 0.717) is 34.7 Å². The highest BCUT2D eigenvalue weighted by Crippen LogP contribution is 2.36. The summed E-state index contributed by atoms with van der Waals surface area (Å²) in [7, 11) is 0. The predicted molar refractivity (Wildman–Crippen MR) is 154 cm³/mol. The monoisotopic (exact) mass is 543 g/mol. The van der Waals surface area contributed by atoms with Gasteiger partial charge in [0.1, 0.15) is 5.75 Å². The van der Waals surface area contributed by atoms with E-state index in [-0.39, 0.29) is 5.75 Å². The van der Waals surface area contributed by atoms with Gasteiger partial charge < -0.3 is 14.8 Å². The molecular formula is C29H26FN5OS2. The van der Waals surface area contributed by atoms with Crippen LogP contribution < -0.4 is 14.8 Å². The second-order valence-electron chi connectivity index (χ2n) is 9.16. The SMILES string of the molecule is Fc1cc(NSc2csc3ccccc23)ccc1Oc1ccncc1-c1ccnc(NC2CCCCC2)n1. The second kappa shape index (κ2) is 11.4. The van der Waals surface area contributed by atoms with Gasteiger partial charge in [0.15, 0.2) is 11.6 Å². The summed E-state index contributed by atoms with van der Waals surface area (Å²) in [6.07, 6.45) is 11.0. The zero-order valence-corrected chi connectivity index (χ0v) is 22.2. The minimum absolute atomic E-state index is 0.128. The molecular weight excluding hydrogens is 517 g/mol. The van der Waals surface area contributed by atoms with Crippen molar-refractivity contribution in [3.63, 3.8) is 0 Å². The Kier molecular flexibility index (Phi) is 7.37. The average Bonchev–Trinajstić information content (AvgIpc) is 3.37. The predicted octanol–water partition coefficient (Wildman–Crippen LogP) is 8.55. The summed E-state index contributed by atoms with van der Waals surface area (Å²) in [4.78, 5) is 14.5. The number of anilines is 2. The first-order chi connectivity index (χ1) is 18.7. The molecule has 0 aliphatic heterocycles. The van der Waals surface area contributed by atoms with Crippen molar-refractivity contribution >= 4 is 45.0 Å². The Morgan fingerprint density at radius 2 is 1.87 bits per heavy atom. The molecule has 3 heterocycles. The summed E-state index contributed by atoms with van der Waals surface area (Å²) in [5.74, 6) is 0.724. The van der Waals surface area contributed by atoms with Gasteiger partial charge >= 0.3 is 0 Å². The van der Waals surface area contributed by atoms with Crippen LogP contribution >= 0.6 is 23.3 Å². The molecule has 1 fully saturated rings. The summed E-state index contributed by atoms with van der Waals surface area (Å²) < 4.78 is 25.6. The lowest BCUT2D eigenvalue weighted by atomic mass is 9.96. The molecule has 9 heteroatoms. The summed E-state index contributed by atoms with van der Waals surface area (Å²) in [6, 6.07) is 17.0. The number of ether oxygens (including phenoxy) is 1. The van der Waals surface area contributed by atoms with Crippen LogP contribution in [0.25, 0.3) is 21.3 Å². The van der Waals surface area contributed by atoms with Crippen molar-refractivity contribution in [2.75, 3.05) is 10.0 Å². The molecule has 6 nitrogen and oxygen atoms in total. The normalized spacial score (nSPS) is 13.9. The van der Waals surface area contributed by atoms with E-state index in [0.717, 1.165) is 17.7 Å². The van der Waals surface area contributed by atoms with Crippen molar-refractivity contribution in [3.8, 4) is 22.8 Å². The van der Waals surface area contributed by atoms with Gasteiger partial charge in [-0.25, -0.2) is 14.4 Å². The highest BCUT2D eigenvalue weighted by Gasteiger charge is 2.16. The van der Waals surface area contributed by atoms with Crippen LogP contribution in [0.5, 0.6) is 11.5 Å². The highest BCUT2D eigenvalue weighted by molar-refractivity contribution is 8.01. The zero-order chi connectivity index (χ0) is 25.7. The Hall–Kier alpha value is -3.69. The molecule has 0 radical (unpaired) electrons. The van der Waals surface area contributed by atoms with Gasteiger partial charge in [-0.3, -0.25) is 4.98 Å². The summed E-state index contributed by atoms with van der Waals surface area (Å²) in [5, 5.41) is 6.74. The Bertz CT molecular complexity index is 1550. The van der Waals surface area contributed by atoms with E-state index < -0.39 is 5.82 Å². The molecule has 0 unspecified atom stereocenters. The average molecular weight is 544 g/mol. The number of pyridine rings is 1. The lowest BCUT2D eigenvalue weighted by Crippen LogP contribution is -2.23. The molecule has 0 spiro atoms. The van der Waals surface area contributed by atoms with Crippen LogP contribution in [0.3, 0.4) is 0 Å². The zero-order valence-electron chi connectivity index (χ0n) is 20.6. The molecule has 1 saturated carbocycles. The number of aromatic nitrogens is 3. The molecule has 5 aromatic rings. The number of hydrogen-bond acceptors (Lipinski definition) is 8. The molecule has 1 aliphatic rings. The Balaban J connectivity index is 1.17. The molecule has 192 valence electrons. The maximum atomic E-state index is 15.1. The molecule has 0 amide bonds. The highest BCUT2D eigenvalue weighted by atomic mass is 32.2. The van der Waals surface area contributed by atoms with E-state index in [1.807, 2.05) is 18.2 Å². The van der Waals surface area contributed by atoms with Crippen LogP contribution in [0.15, 0.2) is 83.5 Å². The summed E-state index contributed by atoms with van der Waals surface area (Å²) in [5.41, 5.74) is 1.99. The van der Waals surface area contributed by atoms with Gasteiger partial charge in [-0.2, -0.15) is 0 Å². The molecule has 3 aromatic heterocycles. The van der Waals surface area contributed by atoms with Crippen molar-refractivity contribution < 1.29 is 9.13 Å². The number of hydrogen-bond donors (Lipinski definition) is 2. The number of thiophene rings is 1. The number of benzene rings is 2. The third kappa shape index (κ3) is 5.58. The maximum Gasteiger partial charge on any atom is 0.223 e. The van der Waals surface area contributed by atoms with E-state index in [2.05, 4.69) is 37.5 Å². The van der Waals surface area contributed by atoms with E-state index in [9.17, 15) is 0 Å².